The molecule has 0 amide bonds. The molecule has 21 heavy (non-hydrogen) atoms. The minimum absolute atomic E-state index is 0.0435. The highest BCUT2D eigenvalue weighted by Crippen LogP contribution is 2.25. The molecule has 0 spiro atoms. The predicted molar refractivity (Wildman–Crippen MR) is 81.8 cm³/mol. The fourth-order valence-corrected chi connectivity index (χ4v) is 2.47. The third kappa shape index (κ3) is 3.15. The van der Waals surface area contributed by atoms with Crippen molar-refractivity contribution in [3.8, 4) is 0 Å². The van der Waals surface area contributed by atoms with Gasteiger partial charge in [-0.2, -0.15) is 0 Å². The zero-order valence-corrected chi connectivity index (χ0v) is 12.0. The molecule has 0 radical (unpaired) electrons. The second-order valence-electron chi connectivity index (χ2n) is 5.18. The Hall–Kier alpha value is -2.10. The minimum Gasteiger partial charge on any atom is -0.458 e. The Balaban J connectivity index is 1.71. The van der Waals surface area contributed by atoms with E-state index in [9.17, 15) is 5.11 Å². The lowest BCUT2D eigenvalue weighted by Crippen LogP contribution is -1.92. The Morgan fingerprint density at radius 1 is 1.00 bits per heavy atom. The fourth-order valence-electron chi connectivity index (χ4n) is 2.47. The van der Waals surface area contributed by atoms with Crippen LogP contribution in [0.5, 0.6) is 0 Å². The van der Waals surface area contributed by atoms with Gasteiger partial charge < -0.3 is 14.3 Å². The van der Waals surface area contributed by atoms with E-state index in [1.165, 1.54) is 0 Å². The van der Waals surface area contributed by atoms with Crippen molar-refractivity contribution in [3.05, 3.63) is 71.0 Å². The molecule has 0 aliphatic carbocycles. The van der Waals surface area contributed by atoms with Crippen LogP contribution in [0.15, 0.2) is 52.9 Å². The van der Waals surface area contributed by atoms with Crippen LogP contribution in [-0.2, 0) is 24.6 Å². The molecule has 2 aromatic carbocycles. The van der Waals surface area contributed by atoms with Crippen molar-refractivity contribution in [1.29, 1.82) is 0 Å². The molecule has 1 N–H and O–H groups in total. The SMILES string of the molecule is Cc1cc(CO)cc2cc(COCc3ccccc3)oc12. The van der Waals surface area contributed by atoms with Gasteiger partial charge in [-0.15, -0.1) is 0 Å². The largest absolute Gasteiger partial charge is 0.458 e. The fraction of sp³-hybridized carbons (Fsp3) is 0.222. The number of aliphatic hydroxyl groups excluding tert-OH is 1. The van der Waals surface area contributed by atoms with E-state index < -0.39 is 0 Å². The van der Waals surface area contributed by atoms with E-state index in [4.69, 9.17) is 9.15 Å². The minimum atomic E-state index is 0.0435. The van der Waals surface area contributed by atoms with Gasteiger partial charge in [-0.05, 0) is 35.7 Å². The summed E-state index contributed by atoms with van der Waals surface area (Å²) >= 11 is 0. The van der Waals surface area contributed by atoms with Crippen LogP contribution in [0.4, 0.5) is 0 Å². The molecule has 1 aromatic heterocycles. The summed E-state index contributed by atoms with van der Waals surface area (Å²) in [6.45, 7) is 3.04. The van der Waals surface area contributed by atoms with E-state index >= 15 is 0 Å². The monoisotopic (exact) mass is 282 g/mol. The van der Waals surface area contributed by atoms with Crippen LogP contribution in [0.1, 0.15) is 22.5 Å². The van der Waals surface area contributed by atoms with Crippen LogP contribution < -0.4 is 0 Å². The summed E-state index contributed by atoms with van der Waals surface area (Å²) in [5.74, 6) is 0.805. The Labute approximate surface area is 123 Å². The van der Waals surface area contributed by atoms with Gasteiger partial charge >= 0.3 is 0 Å². The van der Waals surface area contributed by atoms with Crippen molar-refractivity contribution in [2.75, 3.05) is 0 Å². The van der Waals surface area contributed by atoms with Crippen LogP contribution >= 0.6 is 0 Å². The van der Waals surface area contributed by atoms with Crippen LogP contribution in [0.2, 0.25) is 0 Å². The zero-order valence-electron chi connectivity index (χ0n) is 12.0. The van der Waals surface area contributed by atoms with Crippen molar-refractivity contribution >= 4 is 11.0 Å². The molecule has 3 nitrogen and oxygen atoms in total. The number of ether oxygens (including phenoxy) is 1. The highest BCUT2D eigenvalue weighted by atomic mass is 16.5. The summed E-state index contributed by atoms with van der Waals surface area (Å²) in [5.41, 5.74) is 3.95. The number of furan rings is 1. The summed E-state index contributed by atoms with van der Waals surface area (Å²) in [6, 6.07) is 15.9. The molecule has 0 bridgehead atoms. The quantitative estimate of drug-likeness (QED) is 0.770. The first kappa shape index (κ1) is 13.9. The lowest BCUT2D eigenvalue weighted by atomic mass is 10.1. The van der Waals surface area contributed by atoms with Crippen LogP contribution in [-0.4, -0.2) is 5.11 Å². The molecule has 0 unspecified atom stereocenters. The first-order valence-corrected chi connectivity index (χ1v) is 7.01. The highest BCUT2D eigenvalue weighted by Gasteiger charge is 2.08. The third-order valence-corrected chi connectivity index (χ3v) is 3.45. The maximum atomic E-state index is 9.24. The smallest absolute Gasteiger partial charge is 0.137 e. The van der Waals surface area contributed by atoms with E-state index in [0.29, 0.717) is 13.2 Å². The van der Waals surface area contributed by atoms with Crippen molar-refractivity contribution in [1.82, 2.24) is 0 Å². The summed E-state index contributed by atoms with van der Waals surface area (Å²) in [6.07, 6.45) is 0. The third-order valence-electron chi connectivity index (χ3n) is 3.45. The molecular formula is C18H18O3. The van der Waals surface area contributed by atoms with Gasteiger partial charge in [0, 0.05) is 5.39 Å². The topological polar surface area (TPSA) is 42.6 Å². The summed E-state index contributed by atoms with van der Waals surface area (Å²) in [5, 5.41) is 10.3. The van der Waals surface area contributed by atoms with Gasteiger partial charge in [0.1, 0.15) is 18.0 Å². The molecule has 0 saturated carbocycles. The van der Waals surface area contributed by atoms with Gasteiger partial charge in [0.25, 0.3) is 0 Å². The number of fused-ring (bicyclic) bond motifs is 1. The molecule has 0 atom stereocenters. The Bertz CT molecular complexity index is 729. The summed E-state index contributed by atoms with van der Waals surface area (Å²) < 4.78 is 11.5. The van der Waals surface area contributed by atoms with Crippen molar-refractivity contribution in [2.24, 2.45) is 0 Å². The molecule has 0 aliphatic heterocycles. The lowest BCUT2D eigenvalue weighted by Gasteiger charge is -2.02. The average Bonchev–Trinajstić information content (AvgIpc) is 2.91. The molecule has 3 rings (SSSR count). The van der Waals surface area contributed by atoms with Gasteiger partial charge in [0.05, 0.1) is 13.2 Å². The van der Waals surface area contributed by atoms with Crippen LogP contribution in [0.25, 0.3) is 11.0 Å². The maximum Gasteiger partial charge on any atom is 0.137 e. The Kier molecular flexibility index (Phi) is 4.04. The van der Waals surface area contributed by atoms with E-state index in [2.05, 4.69) is 0 Å². The number of rotatable bonds is 5. The standard InChI is InChI=1S/C18H18O3/c1-13-7-15(10-19)8-16-9-17(21-18(13)16)12-20-11-14-5-3-2-4-6-14/h2-9,19H,10-12H2,1H3. The predicted octanol–water partition coefficient (Wildman–Crippen LogP) is 3.95. The summed E-state index contributed by atoms with van der Waals surface area (Å²) in [4.78, 5) is 0. The van der Waals surface area contributed by atoms with Gasteiger partial charge in [-0.1, -0.05) is 36.4 Å². The van der Waals surface area contributed by atoms with Crippen molar-refractivity contribution < 1.29 is 14.3 Å². The molecule has 0 saturated heterocycles. The number of benzene rings is 2. The van der Waals surface area contributed by atoms with Gasteiger partial charge in [-0.3, -0.25) is 0 Å². The maximum absolute atomic E-state index is 9.24. The van der Waals surface area contributed by atoms with E-state index in [-0.39, 0.29) is 6.61 Å². The van der Waals surface area contributed by atoms with E-state index in [0.717, 1.165) is 33.4 Å². The first-order valence-electron chi connectivity index (χ1n) is 7.01. The molecule has 1 heterocycles. The van der Waals surface area contributed by atoms with Gasteiger partial charge in [-0.25, -0.2) is 0 Å². The number of aryl methyl sites for hydroxylation is 1. The van der Waals surface area contributed by atoms with E-state index in [1.807, 2.05) is 55.5 Å². The van der Waals surface area contributed by atoms with Crippen LogP contribution in [0, 0.1) is 6.92 Å². The number of hydrogen-bond acceptors (Lipinski definition) is 3. The molecule has 3 heteroatoms. The lowest BCUT2D eigenvalue weighted by molar-refractivity contribution is 0.0940. The summed E-state index contributed by atoms with van der Waals surface area (Å²) in [7, 11) is 0. The Morgan fingerprint density at radius 3 is 2.57 bits per heavy atom. The van der Waals surface area contributed by atoms with Crippen LogP contribution in [0.3, 0.4) is 0 Å². The number of aliphatic hydroxyl groups is 1. The molecule has 0 fully saturated rings. The van der Waals surface area contributed by atoms with Gasteiger partial charge in [0.2, 0.25) is 0 Å². The molecule has 108 valence electrons. The van der Waals surface area contributed by atoms with Crippen molar-refractivity contribution in [3.63, 3.8) is 0 Å². The normalized spacial score (nSPS) is 11.1. The first-order chi connectivity index (χ1) is 10.3. The average molecular weight is 282 g/mol. The van der Waals surface area contributed by atoms with Gasteiger partial charge in [0.15, 0.2) is 0 Å². The second kappa shape index (κ2) is 6.12. The van der Waals surface area contributed by atoms with E-state index in [1.54, 1.807) is 0 Å². The van der Waals surface area contributed by atoms with Crippen molar-refractivity contribution in [2.45, 2.75) is 26.7 Å². The molecule has 0 aliphatic rings. The number of hydrogen-bond donors (Lipinski definition) is 1. The molecule has 3 aromatic rings. The highest BCUT2D eigenvalue weighted by molar-refractivity contribution is 5.81. The molecular weight excluding hydrogens is 264 g/mol. The Morgan fingerprint density at radius 2 is 1.81 bits per heavy atom. The second-order valence-corrected chi connectivity index (χ2v) is 5.18. The zero-order chi connectivity index (χ0) is 14.7.